The minimum atomic E-state index is -1.11. The normalized spacial score (nSPS) is 10.0. The summed E-state index contributed by atoms with van der Waals surface area (Å²) in [5.74, 6) is -1.60. The summed E-state index contributed by atoms with van der Waals surface area (Å²) >= 11 is 0. The smallest absolute Gasteiger partial charge is 0.335 e. The van der Waals surface area contributed by atoms with E-state index in [-0.39, 0.29) is 18.6 Å². The number of aliphatic hydroxyl groups excluding tert-OH is 1. The van der Waals surface area contributed by atoms with Crippen LogP contribution in [0.3, 0.4) is 0 Å². The predicted molar refractivity (Wildman–Crippen MR) is 44.1 cm³/mol. The van der Waals surface area contributed by atoms with Crippen molar-refractivity contribution >= 4 is 5.97 Å². The number of benzene rings is 1. The van der Waals surface area contributed by atoms with Gasteiger partial charge in [0, 0.05) is 6.61 Å². The highest BCUT2D eigenvalue weighted by molar-refractivity contribution is 5.89. The van der Waals surface area contributed by atoms with Crippen LogP contribution < -0.4 is 0 Å². The Morgan fingerprint density at radius 2 is 2.15 bits per heavy atom. The van der Waals surface area contributed by atoms with Gasteiger partial charge in [-0.3, -0.25) is 0 Å². The summed E-state index contributed by atoms with van der Waals surface area (Å²) in [5.41, 5.74) is 0.352. The Kier molecular flexibility index (Phi) is 2.97. The molecule has 0 atom stereocenters. The summed E-state index contributed by atoms with van der Waals surface area (Å²) < 4.78 is 12.7. The molecule has 0 fully saturated rings. The molecule has 0 spiro atoms. The van der Waals surface area contributed by atoms with Crippen LogP contribution in [0.5, 0.6) is 0 Å². The van der Waals surface area contributed by atoms with E-state index in [1.807, 2.05) is 0 Å². The second-order valence-electron chi connectivity index (χ2n) is 2.58. The van der Waals surface area contributed by atoms with Crippen LogP contribution in [0.4, 0.5) is 4.39 Å². The maximum Gasteiger partial charge on any atom is 0.335 e. The second-order valence-corrected chi connectivity index (χ2v) is 2.58. The number of carboxylic acids is 1. The van der Waals surface area contributed by atoms with Crippen molar-refractivity contribution in [1.29, 1.82) is 0 Å². The molecule has 0 radical (unpaired) electrons. The molecule has 0 unspecified atom stereocenters. The summed E-state index contributed by atoms with van der Waals surface area (Å²) in [6, 6.07) is 3.41. The van der Waals surface area contributed by atoms with Gasteiger partial charge in [-0.2, -0.15) is 0 Å². The SMILES string of the molecule is O=C(O)c1ccc(F)cc1CCO. The van der Waals surface area contributed by atoms with Crippen molar-refractivity contribution in [2.24, 2.45) is 0 Å². The number of aromatic carboxylic acids is 1. The average Bonchev–Trinajstić information content (AvgIpc) is 2.04. The van der Waals surface area contributed by atoms with E-state index >= 15 is 0 Å². The quantitative estimate of drug-likeness (QED) is 0.738. The Labute approximate surface area is 74.4 Å². The molecule has 0 heterocycles. The van der Waals surface area contributed by atoms with Crippen LogP contribution in [0.25, 0.3) is 0 Å². The van der Waals surface area contributed by atoms with Crippen LogP contribution >= 0.6 is 0 Å². The van der Waals surface area contributed by atoms with Crippen molar-refractivity contribution < 1.29 is 19.4 Å². The van der Waals surface area contributed by atoms with Crippen molar-refractivity contribution in [2.75, 3.05) is 6.61 Å². The van der Waals surface area contributed by atoms with Gasteiger partial charge in [0.1, 0.15) is 5.82 Å². The summed E-state index contributed by atoms with van der Waals surface area (Å²) in [5, 5.41) is 17.3. The zero-order valence-corrected chi connectivity index (χ0v) is 6.83. The Morgan fingerprint density at radius 3 is 2.69 bits per heavy atom. The van der Waals surface area contributed by atoms with Crippen LogP contribution in [-0.4, -0.2) is 22.8 Å². The van der Waals surface area contributed by atoms with E-state index in [1.54, 1.807) is 0 Å². The lowest BCUT2D eigenvalue weighted by Gasteiger charge is -2.03. The average molecular weight is 184 g/mol. The molecular weight excluding hydrogens is 175 g/mol. The second kappa shape index (κ2) is 4.00. The lowest BCUT2D eigenvalue weighted by atomic mass is 10.1. The molecule has 0 aliphatic carbocycles. The lowest BCUT2D eigenvalue weighted by molar-refractivity contribution is 0.0695. The predicted octanol–water partition coefficient (Wildman–Crippen LogP) is 1.06. The maximum atomic E-state index is 12.7. The highest BCUT2D eigenvalue weighted by atomic mass is 19.1. The number of rotatable bonds is 3. The van der Waals surface area contributed by atoms with E-state index in [2.05, 4.69) is 0 Å². The van der Waals surface area contributed by atoms with Crippen molar-refractivity contribution in [2.45, 2.75) is 6.42 Å². The Balaban J connectivity index is 3.10. The third kappa shape index (κ3) is 2.26. The Morgan fingerprint density at radius 1 is 1.46 bits per heavy atom. The largest absolute Gasteiger partial charge is 0.478 e. The molecule has 1 rings (SSSR count). The zero-order chi connectivity index (χ0) is 9.84. The molecule has 4 heteroatoms. The number of halogens is 1. The molecule has 1 aromatic rings. The van der Waals surface area contributed by atoms with Gasteiger partial charge in [0.25, 0.3) is 0 Å². The summed E-state index contributed by atoms with van der Waals surface area (Å²) in [6.07, 6.45) is 0.152. The van der Waals surface area contributed by atoms with Crippen LogP contribution in [0.1, 0.15) is 15.9 Å². The van der Waals surface area contributed by atoms with Gasteiger partial charge in [-0.1, -0.05) is 0 Å². The monoisotopic (exact) mass is 184 g/mol. The van der Waals surface area contributed by atoms with Gasteiger partial charge in [0.15, 0.2) is 0 Å². The van der Waals surface area contributed by atoms with Crippen molar-refractivity contribution in [3.05, 3.63) is 35.1 Å². The van der Waals surface area contributed by atoms with Gasteiger partial charge in [-0.25, -0.2) is 9.18 Å². The molecule has 0 aromatic heterocycles. The molecule has 0 saturated carbocycles. The number of carboxylic acid groups (broad SMARTS) is 1. The summed E-state index contributed by atoms with van der Waals surface area (Å²) in [6.45, 7) is -0.191. The van der Waals surface area contributed by atoms with Crippen LogP contribution in [-0.2, 0) is 6.42 Å². The molecule has 0 aliphatic rings. The molecule has 1 aromatic carbocycles. The highest BCUT2D eigenvalue weighted by Gasteiger charge is 2.09. The van der Waals surface area contributed by atoms with Gasteiger partial charge in [0.2, 0.25) is 0 Å². The Bertz CT molecular complexity index is 323. The van der Waals surface area contributed by atoms with Gasteiger partial charge in [-0.05, 0) is 30.2 Å². The fourth-order valence-electron chi connectivity index (χ4n) is 1.10. The highest BCUT2D eigenvalue weighted by Crippen LogP contribution is 2.11. The molecule has 13 heavy (non-hydrogen) atoms. The fourth-order valence-corrected chi connectivity index (χ4v) is 1.10. The topological polar surface area (TPSA) is 57.5 Å². The van der Waals surface area contributed by atoms with E-state index in [1.165, 1.54) is 6.07 Å². The van der Waals surface area contributed by atoms with E-state index < -0.39 is 11.8 Å². The van der Waals surface area contributed by atoms with Crippen molar-refractivity contribution in [3.8, 4) is 0 Å². The van der Waals surface area contributed by atoms with Crippen LogP contribution in [0, 0.1) is 5.82 Å². The van der Waals surface area contributed by atoms with Gasteiger partial charge < -0.3 is 10.2 Å². The first-order valence-electron chi connectivity index (χ1n) is 3.77. The fraction of sp³-hybridized carbons (Fsp3) is 0.222. The molecule has 0 bridgehead atoms. The third-order valence-electron chi connectivity index (χ3n) is 1.68. The molecule has 0 saturated heterocycles. The maximum absolute atomic E-state index is 12.7. The summed E-state index contributed by atoms with van der Waals surface area (Å²) in [4.78, 5) is 10.6. The van der Waals surface area contributed by atoms with Gasteiger partial charge in [-0.15, -0.1) is 0 Å². The molecule has 3 nitrogen and oxygen atoms in total. The van der Waals surface area contributed by atoms with E-state index in [9.17, 15) is 9.18 Å². The number of hydrogen-bond acceptors (Lipinski definition) is 2. The van der Waals surface area contributed by atoms with Crippen LogP contribution in [0.15, 0.2) is 18.2 Å². The zero-order valence-electron chi connectivity index (χ0n) is 6.83. The molecule has 0 amide bonds. The van der Waals surface area contributed by atoms with Gasteiger partial charge >= 0.3 is 5.97 Å². The number of carbonyl (C=O) groups is 1. The van der Waals surface area contributed by atoms with Crippen molar-refractivity contribution in [1.82, 2.24) is 0 Å². The molecule has 70 valence electrons. The van der Waals surface area contributed by atoms with Crippen LogP contribution in [0.2, 0.25) is 0 Å². The molecule has 0 aliphatic heterocycles. The minimum absolute atomic E-state index is 0.0375. The Hall–Kier alpha value is -1.42. The standard InChI is InChI=1S/C9H9FO3/c10-7-1-2-8(9(12)13)6(5-7)3-4-11/h1-2,5,11H,3-4H2,(H,12,13). The van der Waals surface area contributed by atoms with Gasteiger partial charge in [0.05, 0.1) is 5.56 Å². The van der Waals surface area contributed by atoms with E-state index in [0.717, 1.165) is 12.1 Å². The third-order valence-corrected chi connectivity index (χ3v) is 1.68. The van der Waals surface area contributed by atoms with E-state index in [4.69, 9.17) is 10.2 Å². The first-order chi connectivity index (χ1) is 6.15. The minimum Gasteiger partial charge on any atom is -0.478 e. The lowest BCUT2D eigenvalue weighted by Crippen LogP contribution is -2.04. The molecular formula is C9H9FO3. The number of aliphatic hydroxyl groups is 1. The summed E-state index contributed by atoms with van der Waals surface area (Å²) in [7, 11) is 0. The number of hydrogen-bond donors (Lipinski definition) is 2. The van der Waals surface area contributed by atoms with Crippen molar-refractivity contribution in [3.63, 3.8) is 0 Å². The first-order valence-corrected chi connectivity index (χ1v) is 3.77. The first kappa shape index (κ1) is 9.67. The molecule has 2 N–H and O–H groups in total. The van der Waals surface area contributed by atoms with E-state index in [0.29, 0.717) is 5.56 Å².